The Kier molecular flexibility index (Phi) is 5.07. The molecule has 0 radical (unpaired) electrons. The first-order valence-corrected chi connectivity index (χ1v) is 6.84. The van der Waals surface area contributed by atoms with E-state index >= 15 is 0 Å². The molecule has 2 rings (SSSR count). The molecule has 0 fully saturated rings. The van der Waals surface area contributed by atoms with Crippen molar-refractivity contribution in [1.29, 1.82) is 5.26 Å². The number of hydrogen-bond acceptors (Lipinski definition) is 4. The van der Waals surface area contributed by atoms with Crippen LogP contribution >= 0.6 is 12.2 Å². The third-order valence-electron chi connectivity index (χ3n) is 2.65. The first-order chi connectivity index (χ1) is 10.6. The zero-order valence-corrected chi connectivity index (χ0v) is 12.6. The summed E-state index contributed by atoms with van der Waals surface area (Å²) in [5.74, 6) is 0.992. The van der Waals surface area contributed by atoms with Gasteiger partial charge < -0.3 is 9.73 Å². The largest absolute Gasteiger partial charge is 0.462 e. The van der Waals surface area contributed by atoms with Crippen molar-refractivity contribution in [2.75, 3.05) is 5.32 Å². The number of furan rings is 1. The van der Waals surface area contributed by atoms with E-state index in [0.29, 0.717) is 17.0 Å². The Labute approximate surface area is 133 Å². The van der Waals surface area contributed by atoms with Crippen LogP contribution in [0.15, 0.2) is 46.9 Å². The van der Waals surface area contributed by atoms with Crippen LogP contribution in [0.2, 0.25) is 0 Å². The second-order valence-corrected chi connectivity index (χ2v) is 4.83. The smallest absolute Gasteiger partial charge is 0.250 e. The summed E-state index contributed by atoms with van der Waals surface area (Å²) in [6, 6.07) is 12.4. The monoisotopic (exact) mass is 311 g/mol. The number of thiocarbonyl (C=S) groups is 1. The third kappa shape index (κ3) is 4.58. The second kappa shape index (κ2) is 7.20. The van der Waals surface area contributed by atoms with Crippen LogP contribution < -0.4 is 10.6 Å². The van der Waals surface area contributed by atoms with Gasteiger partial charge in [-0.1, -0.05) is 6.07 Å². The van der Waals surface area contributed by atoms with Crippen molar-refractivity contribution >= 4 is 35.0 Å². The highest BCUT2D eigenvalue weighted by Crippen LogP contribution is 2.10. The van der Waals surface area contributed by atoms with Gasteiger partial charge in [0.2, 0.25) is 5.91 Å². The van der Waals surface area contributed by atoms with E-state index in [4.69, 9.17) is 21.9 Å². The fourth-order valence-corrected chi connectivity index (χ4v) is 1.90. The molecule has 22 heavy (non-hydrogen) atoms. The molecule has 1 heterocycles. The molecule has 0 spiro atoms. The second-order valence-electron chi connectivity index (χ2n) is 4.42. The highest BCUT2D eigenvalue weighted by atomic mass is 32.1. The Morgan fingerprint density at radius 1 is 1.36 bits per heavy atom. The number of benzene rings is 1. The summed E-state index contributed by atoms with van der Waals surface area (Å²) in [7, 11) is 0. The van der Waals surface area contributed by atoms with Crippen LogP contribution in [0.1, 0.15) is 17.1 Å². The molecule has 0 aliphatic carbocycles. The molecule has 2 N–H and O–H groups in total. The molecule has 1 amide bonds. The van der Waals surface area contributed by atoms with Crippen molar-refractivity contribution in [3.05, 3.63) is 59.6 Å². The van der Waals surface area contributed by atoms with Crippen LogP contribution in [-0.4, -0.2) is 11.0 Å². The number of nitriles is 1. The molecule has 0 saturated carbocycles. The molecule has 1 aromatic heterocycles. The Morgan fingerprint density at radius 3 is 2.86 bits per heavy atom. The van der Waals surface area contributed by atoms with Gasteiger partial charge in [0.05, 0.1) is 11.6 Å². The van der Waals surface area contributed by atoms with E-state index in [1.54, 1.807) is 36.4 Å². The van der Waals surface area contributed by atoms with Gasteiger partial charge in [0, 0.05) is 11.8 Å². The number of anilines is 1. The van der Waals surface area contributed by atoms with Crippen LogP contribution in [0.4, 0.5) is 5.69 Å². The van der Waals surface area contributed by atoms with Crippen LogP contribution in [0.5, 0.6) is 0 Å². The van der Waals surface area contributed by atoms with Crippen LogP contribution in [0.3, 0.4) is 0 Å². The SMILES string of the molecule is Cc1ccc(/C=C/C(=O)NC(=S)Nc2cccc(C#N)c2)o1. The predicted molar refractivity (Wildman–Crippen MR) is 88.0 cm³/mol. The Morgan fingerprint density at radius 2 is 2.18 bits per heavy atom. The van der Waals surface area contributed by atoms with E-state index < -0.39 is 0 Å². The van der Waals surface area contributed by atoms with Crippen LogP contribution in [0, 0.1) is 18.3 Å². The first-order valence-electron chi connectivity index (χ1n) is 6.43. The predicted octanol–water partition coefficient (Wildman–Crippen LogP) is 2.99. The Balaban J connectivity index is 1.90. The molecule has 2 aromatic rings. The molecule has 110 valence electrons. The zero-order chi connectivity index (χ0) is 15.9. The minimum absolute atomic E-state index is 0.153. The van der Waals surface area contributed by atoms with Gasteiger partial charge >= 0.3 is 0 Å². The minimum Gasteiger partial charge on any atom is -0.462 e. The van der Waals surface area contributed by atoms with Gasteiger partial charge in [-0.15, -0.1) is 0 Å². The molecule has 0 bridgehead atoms. The van der Waals surface area contributed by atoms with Gasteiger partial charge in [-0.2, -0.15) is 5.26 Å². The average molecular weight is 311 g/mol. The van der Waals surface area contributed by atoms with Gasteiger partial charge in [-0.05, 0) is 55.5 Å². The maximum Gasteiger partial charge on any atom is 0.250 e. The van der Waals surface area contributed by atoms with Crippen molar-refractivity contribution < 1.29 is 9.21 Å². The lowest BCUT2D eigenvalue weighted by Gasteiger charge is -2.07. The van der Waals surface area contributed by atoms with Crippen LogP contribution in [0.25, 0.3) is 6.08 Å². The zero-order valence-electron chi connectivity index (χ0n) is 11.8. The lowest BCUT2D eigenvalue weighted by Crippen LogP contribution is -2.32. The van der Waals surface area contributed by atoms with Crippen molar-refractivity contribution in [3.8, 4) is 6.07 Å². The summed E-state index contributed by atoms with van der Waals surface area (Å²) >= 11 is 5.04. The molecule has 0 aliphatic heterocycles. The highest BCUT2D eigenvalue weighted by Gasteiger charge is 2.03. The molecule has 0 saturated heterocycles. The maximum atomic E-state index is 11.7. The number of rotatable bonds is 3. The highest BCUT2D eigenvalue weighted by molar-refractivity contribution is 7.80. The summed E-state index contributed by atoms with van der Waals surface area (Å²) in [6.07, 6.45) is 2.89. The Hall–Kier alpha value is -2.91. The van der Waals surface area contributed by atoms with E-state index in [2.05, 4.69) is 10.6 Å². The fraction of sp³-hybridized carbons (Fsp3) is 0.0625. The standard InChI is InChI=1S/C16H13N3O2S/c1-11-5-6-14(21-11)7-8-15(20)19-16(22)18-13-4-2-3-12(9-13)10-17/h2-9H,1H3,(H2,18,19,20,22)/b8-7+. The lowest BCUT2D eigenvalue weighted by atomic mass is 10.2. The maximum absolute atomic E-state index is 11.7. The van der Waals surface area contributed by atoms with Gasteiger partial charge in [0.1, 0.15) is 11.5 Å². The number of amides is 1. The van der Waals surface area contributed by atoms with Crippen molar-refractivity contribution in [2.45, 2.75) is 6.92 Å². The topological polar surface area (TPSA) is 78.1 Å². The first kappa shape index (κ1) is 15.5. The number of carbonyl (C=O) groups is 1. The van der Waals surface area contributed by atoms with E-state index in [-0.39, 0.29) is 11.0 Å². The molecule has 6 heteroatoms. The molecule has 0 atom stereocenters. The van der Waals surface area contributed by atoms with Crippen molar-refractivity contribution in [3.63, 3.8) is 0 Å². The molecule has 5 nitrogen and oxygen atoms in total. The summed E-state index contributed by atoms with van der Waals surface area (Å²) < 4.78 is 5.31. The summed E-state index contributed by atoms with van der Waals surface area (Å²) in [4.78, 5) is 11.7. The van der Waals surface area contributed by atoms with Crippen molar-refractivity contribution in [2.24, 2.45) is 0 Å². The summed E-state index contributed by atoms with van der Waals surface area (Å²) in [6.45, 7) is 1.83. The van der Waals surface area contributed by atoms with Crippen LogP contribution in [-0.2, 0) is 4.79 Å². The van der Waals surface area contributed by atoms with E-state index in [9.17, 15) is 4.79 Å². The molecular formula is C16H13N3O2S. The number of hydrogen-bond donors (Lipinski definition) is 2. The number of aryl methyl sites for hydroxylation is 1. The van der Waals surface area contributed by atoms with Crippen molar-refractivity contribution in [1.82, 2.24) is 5.32 Å². The van der Waals surface area contributed by atoms with E-state index in [1.807, 2.05) is 19.1 Å². The van der Waals surface area contributed by atoms with Gasteiger partial charge in [-0.3, -0.25) is 10.1 Å². The van der Waals surface area contributed by atoms with Gasteiger partial charge in [0.25, 0.3) is 0 Å². The quantitative estimate of drug-likeness (QED) is 0.673. The number of carbonyl (C=O) groups excluding carboxylic acids is 1. The average Bonchev–Trinajstić information content (AvgIpc) is 2.91. The molecule has 0 aliphatic rings. The van der Waals surface area contributed by atoms with E-state index in [1.165, 1.54) is 6.08 Å². The summed E-state index contributed by atoms with van der Waals surface area (Å²) in [5, 5.41) is 14.3. The molecule has 1 aromatic carbocycles. The third-order valence-corrected chi connectivity index (χ3v) is 2.85. The normalized spacial score (nSPS) is 10.2. The minimum atomic E-state index is -0.372. The van der Waals surface area contributed by atoms with Gasteiger partial charge in [-0.25, -0.2) is 0 Å². The van der Waals surface area contributed by atoms with Gasteiger partial charge in [0.15, 0.2) is 5.11 Å². The summed E-state index contributed by atoms with van der Waals surface area (Å²) in [5.41, 5.74) is 1.14. The fourth-order valence-electron chi connectivity index (χ4n) is 1.68. The number of nitrogens with one attached hydrogen (secondary N) is 2. The molecule has 0 unspecified atom stereocenters. The Bertz CT molecular complexity index is 772. The number of nitrogens with zero attached hydrogens (tertiary/aromatic N) is 1. The molecular weight excluding hydrogens is 298 g/mol. The van der Waals surface area contributed by atoms with E-state index in [0.717, 1.165) is 5.76 Å². The lowest BCUT2D eigenvalue weighted by molar-refractivity contribution is -0.115.